The van der Waals surface area contributed by atoms with Gasteiger partial charge in [-0.25, -0.2) is 4.79 Å². The fourth-order valence-electron chi connectivity index (χ4n) is 3.32. The monoisotopic (exact) mass is 303 g/mol. The van der Waals surface area contributed by atoms with Crippen molar-refractivity contribution >= 4 is 6.09 Å². The first-order valence-corrected chi connectivity index (χ1v) is 8.39. The summed E-state index contributed by atoms with van der Waals surface area (Å²) in [7, 11) is 0. The van der Waals surface area contributed by atoms with E-state index >= 15 is 0 Å². The first-order chi connectivity index (χ1) is 10.4. The van der Waals surface area contributed by atoms with Gasteiger partial charge in [0.1, 0.15) is 5.60 Å². The zero-order valence-corrected chi connectivity index (χ0v) is 14.2. The number of amides is 1. The summed E-state index contributed by atoms with van der Waals surface area (Å²) in [4.78, 5) is 12.0. The molecule has 1 aliphatic carbocycles. The average Bonchev–Trinajstić information content (AvgIpc) is 2.46. The average molecular weight is 303 g/mol. The Labute approximate surface area is 134 Å². The van der Waals surface area contributed by atoms with Gasteiger partial charge in [-0.3, -0.25) is 0 Å². The molecule has 0 heterocycles. The van der Waals surface area contributed by atoms with Crippen molar-refractivity contribution in [1.29, 1.82) is 0 Å². The van der Waals surface area contributed by atoms with Gasteiger partial charge in [0.05, 0.1) is 0 Å². The topological polar surface area (TPSA) is 38.3 Å². The van der Waals surface area contributed by atoms with E-state index in [-0.39, 0.29) is 11.5 Å². The maximum atomic E-state index is 12.0. The summed E-state index contributed by atoms with van der Waals surface area (Å²) < 4.78 is 5.37. The molecule has 1 saturated carbocycles. The second-order valence-electron chi connectivity index (χ2n) is 7.58. The number of hydrogen-bond acceptors (Lipinski definition) is 2. The molecule has 2 rings (SSSR count). The zero-order valence-electron chi connectivity index (χ0n) is 14.2. The maximum absolute atomic E-state index is 12.0. The molecule has 3 nitrogen and oxygen atoms in total. The molecular weight excluding hydrogens is 274 g/mol. The molecule has 0 unspecified atom stereocenters. The van der Waals surface area contributed by atoms with Crippen molar-refractivity contribution in [3.05, 3.63) is 35.9 Å². The Balaban J connectivity index is 1.98. The van der Waals surface area contributed by atoms with Gasteiger partial charge in [-0.15, -0.1) is 0 Å². The number of carbonyl (C=O) groups is 1. The van der Waals surface area contributed by atoms with Crippen molar-refractivity contribution in [2.24, 2.45) is 5.41 Å². The van der Waals surface area contributed by atoms with Gasteiger partial charge in [-0.05, 0) is 51.0 Å². The van der Waals surface area contributed by atoms with Crippen LogP contribution in [0.5, 0.6) is 0 Å². The fourth-order valence-corrected chi connectivity index (χ4v) is 3.32. The van der Waals surface area contributed by atoms with Crippen molar-refractivity contribution < 1.29 is 9.53 Å². The highest BCUT2D eigenvalue weighted by Gasteiger charge is 2.33. The molecule has 0 spiro atoms. The van der Waals surface area contributed by atoms with E-state index in [1.807, 2.05) is 20.8 Å². The van der Waals surface area contributed by atoms with E-state index in [1.54, 1.807) is 0 Å². The number of carbonyl (C=O) groups excluding carboxylic acids is 1. The second kappa shape index (κ2) is 7.17. The van der Waals surface area contributed by atoms with Gasteiger partial charge >= 0.3 is 6.09 Å². The Morgan fingerprint density at radius 2 is 1.77 bits per heavy atom. The molecule has 1 fully saturated rings. The normalized spacial score (nSPS) is 17.8. The van der Waals surface area contributed by atoms with Gasteiger partial charge in [0.2, 0.25) is 0 Å². The largest absolute Gasteiger partial charge is 0.444 e. The van der Waals surface area contributed by atoms with Gasteiger partial charge in [0.25, 0.3) is 0 Å². The molecule has 0 aliphatic heterocycles. The molecule has 3 heteroatoms. The lowest BCUT2D eigenvalue weighted by atomic mass is 9.70. The van der Waals surface area contributed by atoms with Crippen molar-refractivity contribution in [3.8, 4) is 0 Å². The predicted molar refractivity (Wildman–Crippen MR) is 89.9 cm³/mol. The van der Waals surface area contributed by atoms with Crippen LogP contribution in [0.4, 0.5) is 4.79 Å². The van der Waals surface area contributed by atoms with Gasteiger partial charge in [-0.1, -0.05) is 49.6 Å². The van der Waals surface area contributed by atoms with E-state index in [0.29, 0.717) is 6.54 Å². The lowest BCUT2D eigenvalue weighted by molar-refractivity contribution is 0.0482. The third-order valence-electron chi connectivity index (χ3n) is 4.34. The molecule has 1 N–H and O–H groups in total. The molecule has 0 radical (unpaired) electrons. The van der Waals surface area contributed by atoms with Crippen LogP contribution in [-0.2, 0) is 11.2 Å². The van der Waals surface area contributed by atoms with E-state index in [4.69, 9.17) is 4.74 Å². The highest BCUT2D eigenvalue weighted by molar-refractivity contribution is 5.67. The quantitative estimate of drug-likeness (QED) is 0.875. The van der Waals surface area contributed by atoms with Crippen LogP contribution in [0, 0.1) is 5.41 Å². The van der Waals surface area contributed by atoms with Gasteiger partial charge in [0.15, 0.2) is 0 Å². The van der Waals surface area contributed by atoms with Crippen molar-refractivity contribution in [1.82, 2.24) is 5.32 Å². The lowest BCUT2D eigenvalue weighted by Crippen LogP contribution is -2.42. The predicted octanol–water partition coefficient (Wildman–Crippen LogP) is 4.70. The molecule has 0 bridgehead atoms. The number of benzene rings is 1. The molecule has 0 saturated heterocycles. The van der Waals surface area contributed by atoms with Crippen LogP contribution in [-0.4, -0.2) is 18.2 Å². The minimum atomic E-state index is -0.441. The molecule has 1 aromatic carbocycles. The molecule has 1 amide bonds. The molecule has 0 atom stereocenters. The SMILES string of the molecule is CC(C)(C)OC(=O)NCC1(Cc2ccccc2)CCCCC1. The number of alkyl carbamates (subject to hydrolysis) is 1. The van der Waals surface area contributed by atoms with Crippen LogP contribution < -0.4 is 5.32 Å². The first-order valence-electron chi connectivity index (χ1n) is 8.39. The molecule has 1 aliphatic rings. The molecule has 122 valence electrons. The smallest absolute Gasteiger partial charge is 0.407 e. The number of ether oxygens (including phenoxy) is 1. The summed E-state index contributed by atoms with van der Waals surface area (Å²) in [6.45, 7) is 6.39. The summed E-state index contributed by atoms with van der Waals surface area (Å²) in [5.41, 5.74) is 1.09. The molecule has 22 heavy (non-hydrogen) atoms. The summed E-state index contributed by atoms with van der Waals surface area (Å²) in [5.74, 6) is 0. The van der Waals surface area contributed by atoms with Crippen molar-refractivity contribution in [2.75, 3.05) is 6.54 Å². The Morgan fingerprint density at radius 3 is 2.36 bits per heavy atom. The Kier molecular flexibility index (Phi) is 5.49. The standard InChI is InChI=1S/C19H29NO2/c1-18(2,3)22-17(21)20-15-19(12-8-5-9-13-19)14-16-10-6-4-7-11-16/h4,6-7,10-11H,5,8-9,12-15H2,1-3H3,(H,20,21). The van der Waals surface area contributed by atoms with Crippen molar-refractivity contribution in [2.45, 2.75) is 64.9 Å². The van der Waals surface area contributed by atoms with E-state index < -0.39 is 5.60 Å². The molecule has 1 aromatic rings. The van der Waals surface area contributed by atoms with Crippen LogP contribution in [0.3, 0.4) is 0 Å². The van der Waals surface area contributed by atoms with E-state index in [0.717, 1.165) is 6.42 Å². The maximum Gasteiger partial charge on any atom is 0.407 e. The Bertz CT molecular complexity index is 470. The summed E-state index contributed by atoms with van der Waals surface area (Å²) >= 11 is 0. The third-order valence-corrected chi connectivity index (χ3v) is 4.34. The zero-order chi connectivity index (χ0) is 16.1. The minimum Gasteiger partial charge on any atom is -0.444 e. The van der Waals surface area contributed by atoms with Crippen LogP contribution in [0.25, 0.3) is 0 Å². The summed E-state index contributed by atoms with van der Waals surface area (Å²) in [5, 5.41) is 3.01. The second-order valence-corrected chi connectivity index (χ2v) is 7.58. The fraction of sp³-hybridized carbons (Fsp3) is 0.632. The van der Waals surface area contributed by atoms with Crippen LogP contribution in [0.15, 0.2) is 30.3 Å². The van der Waals surface area contributed by atoms with Gasteiger partial charge < -0.3 is 10.1 Å². The summed E-state index contributed by atoms with van der Waals surface area (Å²) in [6.07, 6.45) is 6.90. The number of rotatable bonds is 4. The summed E-state index contributed by atoms with van der Waals surface area (Å²) in [6, 6.07) is 10.6. The lowest BCUT2D eigenvalue weighted by Gasteiger charge is -2.38. The van der Waals surface area contributed by atoms with Crippen LogP contribution in [0.2, 0.25) is 0 Å². The highest BCUT2D eigenvalue weighted by atomic mass is 16.6. The van der Waals surface area contributed by atoms with Crippen LogP contribution >= 0.6 is 0 Å². The van der Waals surface area contributed by atoms with Gasteiger partial charge in [0, 0.05) is 6.54 Å². The number of nitrogens with one attached hydrogen (secondary N) is 1. The molecular formula is C19H29NO2. The van der Waals surface area contributed by atoms with E-state index in [2.05, 4.69) is 35.6 Å². The highest BCUT2D eigenvalue weighted by Crippen LogP contribution is 2.38. The van der Waals surface area contributed by atoms with E-state index in [1.165, 1.54) is 37.7 Å². The minimum absolute atomic E-state index is 0.177. The first kappa shape index (κ1) is 16.9. The van der Waals surface area contributed by atoms with Gasteiger partial charge in [-0.2, -0.15) is 0 Å². The molecule has 0 aromatic heterocycles. The Hall–Kier alpha value is -1.51. The van der Waals surface area contributed by atoms with Crippen molar-refractivity contribution in [3.63, 3.8) is 0 Å². The van der Waals surface area contributed by atoms with E-state index in [9.17, 15) is 4.79 Å². The third kappa shape index (κ3) is 5.36. The van der Waals surface area contributed by atoms with Crippen LogP contribution in [0.1, 0.15) is 58.4 Å². The number of hydrogen-bond donors (Lipinski definition) is 1. The Morgan fingerprint density at radius 1 is 1.14 bits per heavy atom.